The molecule has 1 amide bonds. The minimum Gasteiger partial charge on any atom is -0.495 e. The lowest BCUT2D eigenvalue weighted by Crippen LogP contribution is -2.53. The van der Waals surface area contributed by atoms with Crippen LogP contribution in [0, 0.1) is 0 Å². The molecule has 1 saturated heterocycles. The number of anilines is 1. The highest BCUT2D eigenvalue weighted by atomic mass is 79.9. The Morgan fingerprint density at radius 3 is 2.89 bits per heavy atom. The number of amides is 1. The summed E-state index contributed by atoms with van der Waals surface area (Å²) in [5, 5.41) is 9.05. The second kappa shape index (κ2) is 5.64. The molecule has 1 aromatic rings. The third kappa shape index (κ3) is 2.91. The first-order valence-corrected chi connectivity index (χ1v) is 6.76. The average Bonchev–Trinajstić information content (AvgIpc) is 2.38. The van der Waals surface area contributed by atoms with Crippen LogP contribution in [0.25, 0.3) is 0 Å². The highest BCUT2D eigenvalue weighted by molar-refractivity contribution is 9.10. The van der Waals surface area contributed by atoms with Crippen molar-refractivity contribution in [1.29, 1.82) is 0 Å². The summed E-state index contributed by atoms with van der Waals surface area (Å²) in [6, 6.07) is 1.80. The molecule has 1 unspecified atom stereocenters. The summed E-state index contributed by atoms with van der Waals surface area (Å²) in [5.74, 6) is 1.52. The van der Waals surface area contributed by atoms with Crippen LogP contribution in [-0.4, -0.2) is 53.9 Å². The summed E-state index contributed by atoms with van der Waals surface area (Å²) >= 11 is 3.36. The van der Waals surface area contributed by atoms with Crippen LogP contribution in [0.1, 0.15) is 6.92 Å². The van der Waals surface area contributed by atoms with Crippen molar-refractivity contribution in [2.75, 3.05) is 31.6 Å². The second-order valence-electron chi connectivity index (χ2n) is 4.45. The Hall–Kier alpha value is -1.50. The predicted molar refractivity (Wildman–Crippen MR) is 74.9 cm³/mol. The standard InChI is InChI=1S/C12H16BrN3O3/c1-8-7-15(3-4-16(8)12(17)18)11-5-10(19-2)9(13)6-14-11/h5-6,8H,3-4,7H2,1-2H3,(H,17,18). The molecule has 6 nitrogen and oxygen atoms in total. The lowest BCUT2D eigenvalue weighted by molar-refractivity contribution is 0.122. The quantitative estimate of drug-likeness (QED) is 0.899. The zero-order valence-electron chi connectivity index (χ0n) is 10.8. The van der Waals surface area contributed by atoms with Gasteiger partial charge in [-0.25, -0.2) is 9.78 Å². The number of ether oxygens (including phenoxy) is 1. The van der Waals surface area contributed by atoms with Crippen molar-refractivity contribution < 1.29 is 14.6 Å². The van der Waals surface area contributed by atoms with E-state index in [1.807, 2.05) is 13.0 Å². The van der Waals surface area contributed by atoms with E-state index in [2.05, 4.69) is 25.8 Å². The Morgan fingerprint density at radius 1 is 1.58 bits per heavy atom. The second-order valence-corrected chi connectivity index (χ2v) is 5.30. The van der Waals surface area contributed by atoms with Gasteiger partial charge in [0.1, 0.15) is 11.6 Å². The van der Waals surface area contributed by atoms with E-state index in [9.17, 15) is 4.79 Å². The fourth-order valence-electron chi connectivity index (χ4n) is 2.19. The van der Waals surface area contributed by atoms with E-state index in [1.54, 1.807) is 13.3 Å². The molecule has 104 valence electrons. The molecular formula is C12H16BrN3O3. The Kier molecular flexibility index (Phi) is 4.14. The maximum absolute atomic E-state index is 11.0. The van der Waals surface area contributed by atoms with Crippen molar-refractivity contribution in [3.8, 4) is 5.75 Å². The molecule has 0 saturated carbocycles. The van der Waals surface area contributed by atoms with Gasteiger partial charge in [-0.1, -0.05) is 0 Å². The highest BCUT2D eigenvalue weighted by Crippen LogP contribution is 2.28. The third-order valence-corrected chi connectivity index (χ3v) is 3.82. The van der Waals surface area contributed by atoms with Crippen LogP contribution >= 0.6 is 15.9 Å². The number of pyridine rings is 1. The van der Waals surface area contributed by atoms with Crippen molar-refractivity contribution in [1.82, 2.24) is 9.88 Å². The first-order chi connectivity index (χ1) is 9.02. The normalized spacial score (nSPS) is 19.4. The molecule has 1 aliphatic rings. The van der Waals surface area contributed by atoms with Crippen LogP contribution < -0.4 is 9.64 Å². The molecule has 1 aliphatic heterocycles. The molecule has 2 rings (SSSR count). The lowest BCUT2D eigenvalue weighted by Gasteiger charge is -2.38. The first-order valence-electron chi connectivity index (χ1n) is 5.97. The molecule has 1 N–H and O–H groups in total. The highest BCUT2D eigenvalue weighted by Gasteiger charge is 2.27. The van der Waals surface area contributed by atoms with Gasteiger partial charge in [0.25, 0.3) is 0 Å². The molecular weight excluding hydrogens is 314 g/mol. The van der Waals surface area contributed by atoms with Crippen molar-refractivity contribution in [2.45, 2.75) is 13.0 Å². The van der Waals surface area contributed by atoms with E-state index >= 15 is 0 Å². The summed E-state index contributed by atoms with van der Waals surface area (Å²) in [6.45, 7) is 3.64. The summed E-state index contributed by atoms with van der Waals surface area (Å²) < 4.78 is 6.05. The van der Waals surface area contributed by atoms with Gasteiger partial charge in [-0.2, -0.15) is 0 Å². The monoisotopic (exact) mass is 329 g/mol. The van der Waals surface area contributed by atoms with E-state index in [4.69, 9.17) is 9.84 Å². The molecule has 19 heavy (non-hydrogen) atoms. The predicted octanol–water partition coefficient (Wildman–Crippen LogP) is 2.04. The van der Waals surface area contributed by atoms with Crippen molar-refractivity contribution in [3.05, 3.63) is 16.7 Å². The van der Waals surface area contributed by atoms with Gasteiger partial charge in [-0.05, 0) is 22.9 Å². The van der Waals surface area contributed by atoms with Gasteiger partial charge in [-0.15, -0.1) is 0 Å². The largest absolute Gasteiger partial charge is 0.495 e. The zero-order chi connectivity index (χ0) is 14.0. The number of carbonyl (C=O) groups is 1. The average molecular weight is 330 g/mol. The number of piperazine rings is 1. The van der Waals surface area contributed by atoms with Crippen LogP contribution in [-0.2, 0) is 0 Å². The summed E-state index contributed by atoms with van der Waals surface area (Å²) in [4.78, 5) is 18.9. The van der Waals surface area contributed by atoms with E-state index < -0.39 is 6.09 Å². The number of halogens is 1. The van der Waals surface area contributed by atoms with Crippen molar-refractivity contribution in [2.24, 2.45) is 0 Å². The van der Waals surface area contributed by atoms with Crippen LogP contribution in [0.4, 0.5) is 10.6 Å². The van der Waals surface area contributed by atoms with Gasteiger partial charge >= 0.3 is 6.09 Å². The summed E-state index contributed by atoms with van der Waals surface area (Å²) in [5.41, 5.74) is 0. The van der Waals surface area contributed by atoms with Gasteiger partial charge in [0.05, 0.1) is 11.6 Å². The zero-order valence-corrected chi connectivity index (χ0v) is 12.4. The summed E-state index contributed by atoms with van der Waals surface area (Å²) in [7, 11) is 1.61. The number of hydrogen-bond acceptors (Lipinski definition) is 4. The molecule has 1 atom stereocenters. The number of hydrogen-bond donors (Lipinski definition) is 1. The number of carboxylic acid groups (broad SMARTS) is 1. The fourth-order valence-corrected chi connectivity index (χ4v) is 2.57. The van der Waals surface area contributed by atoms with E-state index in [1.165, 1.54) is 4.90 Å². The maximum Gasteiger partial charge on any atom is 0.407 e. The van der Waals surface area contributed by atoms with Crippen LogP contribution in [0.2, 0.25) is 0 Å². The number of rotatable bonds is 2. The molecule has 0 bridgehead atoms. The molecule has 2 heterocycles. The number of aromatic nitrogens is 1. The number of methoxy groups -OCH3 is 1. The molecule has 0 spiro atoms. The molecule has 7 heteroatoms. The van der Waals surface area contributed by atoms with Crippen molar-refractivity contribution in [3.63, 3.8) is 0 Å². The lowest BCUT2D eigenvalue weighted by atomic mass is 10.2. The molecule has 0 radical (unpaired) electrons. The van der Waals surface area contributed by atoms with Crippen LogP contribution in [0.15, 0.2) is 16.7 Å². The van der Waals surface area contributed by atoms with Crippen molar-refractivity contribution >= 4 is 27.8 Å². The maximum atomic E-state index is 11.0. The number of nitrogens with zero attached hydrogens (tertiary/aromatic N) is 3. The van der Waals surface area contributed by atoms with Crippen LogP contribution in [0.5, 0.6) is 5.75 Å². The van der Waals surface area contributed by atoms with Gasteiger partial charge in [0.2, 0.25) is 0 Å². The van der Waals surface area contributed by atoms with Gasteiger partial charge in [-0.3, -0.25) is 0 Å². The Morgan fingerprint density at radius 2 is 2.32 bits per heavy atom. The first kappa shape index (κ1) is 13.9. The van der Waals surface area contributed by atoms with E-state index in [-0.39, 0.29) is 6.04 Å². The Labute approximate surface area is 120 Å². The van der Waals surface area contributed by atoms with Gasteiger partial charge in [0, 0.05) is 37.9 Å². The van der Waals surface area contributed by atoms with E-state index in [0.29, 0.717) is 19.6 Å². The Bertz CT molecular complexity index is 483. The molecule has 1 aromatic heterocycles. The van der Waals surface area contributed by atoms with Gasteiger partial charge in [0.15, 0.2) is 0 Å². The molecule has 0 aromatic carbocycles. The minimum absolute atomic E-state index is 0.0531. The third-order valence-electron chi connectivity index (χ3n) is 3.22. The van der Waals surface area contributed by atoms with Gasteiger partial charge < -0.3 is 19.6 Å². The fraction of sp³-hybridized carbons (Fsp3) is 0.500. The SMILES string of the molecule is COc1cc(N2CCN(C(=O)O)C(C)C2)ncc1Br. The molecule has 1 fully saturated rings. The topological polar surface area (TPSA) is 65.9 Å². The minimum atomic E-state index is -0.867. The smallest absolute Gasteiger partial charge is 0.407 e. The van der Waals surface area contributed by atoms with E-state index in [0.717, 1.165) is 16.0 Å². The van der Waals surface area contributed by atoms with Crippen LogP contribution in [0.3, 0.4) is 0 Å². The Balaban J connectivity index is 2.14. The summed E-state index contributed by atoms with van der Waals surface area (Å²) in [6.07, 6.45) is 0.830. The molecule has 0 aliphatic carbocycles.